The Morgan fingerprint density at radius 3 is 2.89 bits per heavy atom. The molecule has 0 saturated carbocycles. The third kappa shape index (κ3) is 6.45. The molecule has 0 bridgehead atoms. The molecule has 1 aliphatic rings. The fourth-order valence-corrected chi connectivity index (χ4v) is 5.72. The van der Waals surface area contributed by atoms with Crippen LogP contribution >= 0.6 is 11.3 Å². The average molecular weight is 513 g/mol. The summed E-state index contributed by atoms with van der Waals surface area (Å²) in [5, 5.41) is 14.8. The van der Waals surface area contributed by atoms with Crippen molar-refractivity contribution in [1.82, 2.24) is 9.29 Å². The van der Waals surface area contributed by atoms with Gasteiger partial charge in [-0.05, 0) is 49.4 Å². The molecule has 35 heavy (non-hydrogen) atoms. The molecular formula is C25H28N4O4S2. The number of nitrogen functional groups attached to an aromatic ring is 1. The first-order chi connectivity index (χ1) is 16.8. The largest absolute Gasteiger partial charge is 0.506 e. The van der Waals surface area contributed by atoms with Gasteiger partial charge in [0.2, 0.25) is 10.0 Å². The van der Waals surface area contributed by atoms with Gasteiger partial charge in [0, 0.05) is 35.8 Å². The van der Waals surface area contributed by atoms with Crippen molar-refractivity contribution in [2.24, 2.45) is 5.92 Å². The summed E-state index contributed by atoms with van der Waals surface area (Å²) in [5.41, 5.74) is 7.81. The highest BCUT2D eigenvalue weighted by Gasteiger charge is 2.25. The molecule has 0 atom stereocenters. The van der Waals surface area contributed by atoms with E-state index in [4.69, 9.17) is 10.5 Å². The van der Waals surface area contributed by atoms with E-state index in [-0.39, 0.29) is 5.75 Å². The SMILES string of the molecule is C=CS(=O)(=O)N1CCC(CCOc2cccc(NCC#Cc3cc(O)c4nc(N)sc4c3)c2)CC1. The van der Waals surface area contributed by atoms with Crippen molar-refractivity contribution in [2.75, 3.05) is 37.3 Å². The highest BCUT2D eigenvalue weighted by Crippen LogP contribution is 2.31. The number of fused-ring (bicyclic) bond motifs is 1. The van der Waals surface area contributed by atoms with Gasteiger partial charge in [0.15, 0.2) is 5.13 Å². The number of ether oxygens (including phenoxy) is 1. The van der Waals surface area contributed by atoms with E-state index in [0.29, 0.717) is 48.4 Å². The lowest BCUT2D eigenvalue weighted by atomic mass is 9.95. The second-order valence-electron chi connectivity index (χ2n) is 8.27. The smallest absolute Gasteiger partial charge is 0.235 e. The Balaban J connectivity index is 1.23. The summed E-state index contributed by atoms with van der Waals surface area (Å²) in [6.45, 7) is 5.47. The summed E-state index contributed by atoms with van der Waals surface area (Å²) >= 11 is 1.31. The number of nitrogens with one attached hydrogen (secondary N) is 1. The molecule has 0 radical (unpaired) electrons. The molecule has 0 unspecified atom stereocenters. The normalized spacial score (nSPS) is 14.9. The Kier molecular flexibility index (Phi) is 7.80. The van der Waals surface area contributed by atoms with Crippen LogP contribution in [-0.4, -0.2) is 49.1 Å². The van der Waals surface area contributed by atoms with E-state index in [9.17, 15) is 13.5 Å². The number of hydrogen-bond donors (Lipinski definition) is 3. The Morgan fingerprint density at radius 2 is 2.11 bits per heavy atom. The van der Waals surface area contributed by atoms with Crippen molar-refractivity contribution in [3.8, 4) is 23.3 Å². The summed E-state index contributed by atoms with van der Waals surface area (Å²) in [5.74, 6) is 7.40. The molecular weight excluding hydrogens is 484 g/mol. The van der Waals surface area contributed by atoms with Gasteiger partial charge in [-0.3, -0.25) is 0 Å². The maximum absolute atomic E-state index is 11.9. The number of thiazole rings is 1. The molecule has 10 heteroatoms. The van der Waals surface area contributed by atoms with Gasteiger partial charge in [-0.1, -0.05) is 35.8 Å². The van der Waals surface area contributed by atoms with Crippen LogP contribution in [0.3, 0.4) is 0 Å². The Bertz CT molecular complexity index is 1370. The van der Waals surface area contributed by atoms with E-state index in [1.54, 1.807) is 6.07 Å². The van der Waals surface area contributed by atoms with Crippen molar-refractivity contribution in [3.63, 3.8) is 0 Å². The monoisotopic (exact) mass is 512 g/mol. The van der Waals surface area contributed by atoms with E-state index in [2.05, 4.69) is 28.7 Å². The number of sulfonamides is 1. The van der Waals surface area contributed by atoms with Gasteiger partial charge in [-0.2, -0.15) is 4.31 Å². The van der Waals surface area contributed by atoms with Gasteiger partial charge in [0.25, 0.3) is 0 Å². The maximum Gasteiger partial charge on any atom is 0.235 e. The van der Waals surface area contributed by atoms with Gasteiger partial charge < -0.3 is 20.9 Å². The molecule has 1 fully saturated rings. The molecule has 184 valence electrons. The van der Waals surface area contributed by atoms with E-state index in [1.807, 2.05) is 30.3 Å². The molecule has 4 N–H and O–H groups in total. The number of phenols is 1. The van der Waals surface area contributed by atoms with Crippen LogP contribution in [0.2, 0.25) is 0 Å². The molecule has 0 spiro atoms. The number of aromatic hydroxyl groups is 1. The third-order valence-electron chi connectivity index (χ3n) is 5.88. The molecule has 2 aromatic carbocycles. The summed E-state index contributed by atoms with van der Waals surface area (Å²) in [6, 6.07) is 11.2. The van der Waals surface area contributed by atoms with Crippen molar-refractivity contribution in [2.45, 2.75) is 19.3 Å². The minimum Gasteiger partial charge on any atom is -0.506 e. The number of rotatable bonds is 8. The van der Waals surface area contributed by atoms with Crippen LogP contribution in [0.15, 0.2) is 48.4 Å². The first kappa shape index (κ1) is 24.9. The number of benzene rings is 2. The standard InChI is InChI=1S/C25H28N4O4S2/c1-2-35(31,32)29-12-8-18(9-13-29)10-14-33-21-7-3-6-20(17-21)27-11-4-5-19-15-22(30)24-23(16-19)34-25(26)28-24/h2-3,6-7,15-18,27,30H,1,8-14H2,(H2,26,28). The molecule has 0 aliphatic carbocycles. The first-order valence-corrected chi connectivity index (χ1v) is 13.6. The van der Waals surface area contributed by atoms with Gasteiger partial charge in [-0.15, -0.1) is 0 Å². The zero-order chi connectivity index (χ0) is 24.8. The topological polar surface area (TPSA) is 118 Å². The van der Waals surface area contributed by atoms with Gasteiger partial charge in [0.05, 0.1) is 17.9 Å². The number of phenolic OH excluding ortho intramolecular Hbond substituents is 1. The molecule has 1 saturated heterocycles. The van der Waals surface area contributed by atoms with Crippen LogP contribution in [0.1, 0.15) is 24.8 Å². The molecule has 3 aromatic rings. The zero-order valence-electron chi connectivity index (χ0n) is 19.2. The predicted octanol–water partition coefficient (Wildman–Crippen LogP) is 4.00. The molecule has 2 heterocycles. The fraction of sp³-hybridized carbons (Fsp3) is 0.320. The van der Waals surface area contributed by atoms with E-state index in [0.717, 1.165) is 40.8 Å². The summed E-state index contributed by atoms with van der Waals surface area (Å²) in [4.78, 5) is 4.11. The molecule has 8 nitrogen and oxygen atoms in total. The van der Waals surface area contributed by atoms with Crippen molar-refractivity contribution >= 4 is 42.4 Å². The van der Waals surface area contributed by atoms with Crippen molar-refractivity contribution in [1.29, 1.82) is 0 Å². The second-order valence-corrected chi connectivity index (χ2v) is 11.2. The van der Waals surface area contributed by atoms with Gasteiger partial charge in [-0.25, -0.2) is 13.4 Å². The Morgan fingerprint density at radius 1 is 1.31 bits per heavy atom. The van der Waals surface area contributed by atoms with Crippen LogP contribution in [-0.2, 0) is 10.0 Å². The van der Waals surface area contributed by atoms with Crippen LogP contribution in [0.5, 0.6) is 11.5 Å². The predicted molar refractivity (Wildman–Crippen MR) is 141 cm³/mol. The number of nitrogens with zero attached hydrogens (tertiary/aromatic N) is 2. The average Bonchev–Trinajstić information content (AvgIpc) is 3.23. The quantitative estimate of drug-likeness (QED) is 0.391. The fourth-order valence-electron chi connectivity index (χ4n) is 3.99. The van der Waals surface area contributed by atoms with Crippen LogP contribution < -0.4 is 15.8 Å². The highest BCUT2D eigenvalue weighted by molar-refractivity contribution is 7.92. The van der Waals surface area contributed by atoms with Crippen molar-refractivity contribution in [3.05, 3.63) is 53.9 Å². The van der Waals surface area contributed by atoms with Crippen LogP contribution in [0.25, 0.3) is 10.2 Å². The van der Waals surface area contributed by atoms with Gasteiger partial charge in [0.1, 0.15) is 17.0 Å². The second kappa shape index (κ2) is 11.0. The number of anilines is 2. The number of piperidine rings is 1. The number of hydrogen-bond acceptors (Lipinski definition) is 8. The van der Waals surface area contributed by atoms with Gasteiger partial charge >= 0.3 is 0 Å². The van der Waals surface area contributed by atoms with Crippen molar-refractivity contribution < 1.29 is 18.3 Å². The summed E-state index contributed by atoms with van der Waals surface area (Å²) in [7, 11) is -3.32. The lowest BCUT2D eigenvalue weighted by Gasteiger charge is -2.30. The summed E-state index contributed by atoms with van der Waals surface area (Å²) < 4.78 is 32.0. The molecule has 1 aliphatic heterocycles. The van der Waals surface area contributed by atoms with Crippen LogP contribution in [0.4, 0.5) is 10.8 Å². The van der Waals surface area contributed by atoms with E-state index >= 15 is 0 Å². The first-order valence-electron chi connectivity index (χ1n) is 11.3. The Hall–Kier alpha value is -3.26. The number of nitrogens with two attached hydrogens (primary N) is 1. The minimum atomic E-state index is -3.32. The zero-order valence-corrected chi connectivity index (χ0v) is 20.9. The van der Waals surface area contributed by atoms with E-state index in [1.165, 1.54) is 15.6 Å². The Labute approximate surface area is 209 Å². The molecule has 4 rings (SSSR count). The molecule has 1 aromatic heterocycles. The lowest BCUT2D eigenvalue weighted by Crippen LogP contribution is -2.37. The van der Waals surface area contributed by atoms with Crippen LogP contribution in [0, 0.1) is 17.8 Å². The molecule has 0 amide bonds. The number of aromatic nitrogens is 1. The van der Waals surface area contributed by atoms with E-state index < -0.39 is 10.0 Å². The summed E-state index contributed by atoms with van der Waals surface area (Å²) in [6.07, 6.45) is 2.54. The highest BCUT2D eigenvalue weighted by atomic mass is 32.2. The lowest BCUT2D eigenvalue weighted by molar-refractivity contribution is 0.220. The minimum absolute atomic E-state index is 0.0740. The maximum atomic E-state index is 11.9. The third-order valence-corrected chi connectivity index (χ3v) is 8.22.